The van der Waals surface area contributed by atoms with Gasteiger partial charge in [-0.3, -0.25) is 4.79 Å². The van der Waals surface area contributed by atoms with E-state index in [1.54, 1.807) is 13.8 Å². The maximum Gasteiger partial charge on any atom is 0.450 e. The maximum absolute atomic E-state index is 12.5. The SMILES string of the molecule is CSc1cc2c(c(C(C)(C)CC(=O)C(F)(F)F)c1)OCC2. The molecule has 1 aromatic carbocycles. The van der Waals surface area contributed by atoms with Gasteiger partial charge >= 0.3 is 6.18 Å². The van der Waals surface area contributed by atoms with E-state index in [9.17, 15) is 18.0 Å². The molecule has 1 aromatic rings. The highest BCUT2D eigenvalue weighted by molar-refractivity contribution is 7.98. The number of alkyl halides is 3. The van der Waals surface area contributed by atoms with Crippen LogP contribution in [0.3, 0.4) is 0 Å². The Kier molecular flexibility index (Phi) is 4.29. The van der Waals surface area contributed by atoms with Crippen LogP contribution in [0.1, 0.15) is 31.4 Å². The third-order valence-corrected chi connectivity index (χ3v) is 4.35. The predicted molar refractivity (Wildman–Crippen MR) is 76.1 cm³/mol. The number of ketones is 1. The van der Waals surface area contributed by atoms with E-state index in [2.05, 4.69) is 0 Å². The Hall–Kier alpha value is -1.17. The van der Waals surface area contributed by atoms with Crippen LogP contribution < -0.4 is 4.74 Å². The lowest BCUT2D eigenvalue weighted by molar-refractivity contribution is -0.172. The molecular weight excluding hydrogens is 301 g/mol. The minimum atomic E-state index is -4.79. The van der Waals surface area contributed by atoms with E-state index in [0.29, 0.717) is 17.9 Å². The summed E-state index contributed by atoms with van der Waals surface area (Å²) in [4.78, 5) is 12.3. The Morgan fingerprint density at radius 1 is 1.33 bits per heavy atom. The largest absolute Gasteiger partial charge is 0.493 e. The topological polar surface area (TPSA) is 26.3 Å². The van der Waals surface area contributed by atoms with E-state index < -0.39 is 23.8 Å². The van der Waals surface area contributed by atoms with Crippen LogP contribution in [0, 0.1) is 0 Å². The molecule has 0 aromatic heterocycles. The standard InChI is InChI=1S/C15H17F3O2S/c1-14(2,8-12(19)15(16,17)18)11-7-10(21-3)6-9-4-5-20-13(9)11/h6-7H,4-5,8H2,1-3H3. The molecule has 0 saturated heterocycles. The monoisotopic (exact) mass is 318 g/mol. The molecule has 0 bridgehead atoms. The zero-order chi connectivity index (χ0) is 15.8. The van der Waals surface area contributed by atoms with E-state index in [1.165, 1.54) is 11.8 Å². The minimum absolute atomic E-state index is 0.531. The average molecular weight is 318 g/mol. The number of hydrogen-bond donors (Lipinski definition) is 0. The second kappa shape index (κ2) is 5.55. The number of rotatable bonds is 4. The van der Waals surface area contributed by atoms with Gasteiger partial charge < -0.3 is 4.74 Å². The van der Waals surface area contributed by atoms with Crippen molar-refractivity contribution in [2.75, 3.05) is 12.9 Å². The van der Waals surface area contributed by atoms with Gasteiger partial charge in [0.25, 0.3) is 0 Å². The molecule has 0 radical (unpaired) electrons. The Morgan fingerprint density at radius 3 is 2.57 bits per heavy atom. The first kappa shape index (κ1) is 16.2. The summed E-state index contributed by atoms with van der Waals surface area (Å²) in [5.41, 5.74) is 0.760. The molecule has 21 heavy (non-hydrogen) atoms. The van der Waals surface area contributed by atoms with Crippen LogP contribution in [0.2, 0.25) is 0 Å². The summed E-state index contributed by atoms with van der Waals surface area (Å²) in [7, 11) is 0. The molecule has 0 saturated carbocycles. The highest BCUT2D eigenvalue weighted by Gasteiger charge is 2.42. The van der Waals surface area contributed by atoms with Crippen molar-refractivity contribution in [3.8, 4) is 5.75 Å². The zero-order valence-corrected chi connectivity index (χ0v) is 13.0. The molecule has 0 spiro atoms. The van der Waals surface area contributed by atoms with Crippen LogP contribution in [0.5, 0.6) is 5.75 Å². The van der Waals surface area contributed by atoms with Gasteiger partial charge in [0.2, 0.25) is 5.78 Å². The van der Waals surface area contributed by atoms with Gasteiger partial charge in [-0.1, -0.05) is 13.8 Å². The van der Waals surface area contributed by atoms with E-state index in [0.717, 1.165) is 16.9 Å². The van der Waals surface area contributed by atoms with Gasteiger partial charge in [0.05, 0.1) is 6.61 Å². The number of hydrogen-bond acceptors (Lipinski definition) is 3. The fourth-order valence-corrected chi connectivity index (χ4v) is 2.99. The second-order valence-corrected chi connectivity index (χ2v) is 6.62. The highest BCUT2D eigenvalue weighted by Crippen LogP contribution is 2.42. The third kappa shape index (κ3) is 3.36. The van der Waals surface area contributed by atoms with Gasteiger partial charge in [-0.15, -0.1) is 11.8 Å². The van der Waals surface area contributed by atoms with Gasteiger partial charge in [-0.2, -0.15) is 13.2 Å². The molecule has 2 nitrogen and oxygen atoms in total. The molecule has 1 aliphatic heterocycles. The van der Waals surface area contributed by atoms with E-state index in [1.807, 2.05) is 18.4 Å². The summed E-state index contributed by atoms with van der Waals surface area (Å²) in [5, 5.41) is 0. The summed E-state index contributed by atoms with van der Waals surface area (Å²) < 4.78 is 43.2. The molecule has 0 fully saturated rings. The normalized spacial score (nSPS) is 14.8. The highest BCUT2D eigenvalue weighted by atomic mass is 32.2. The zero-order valence-electron chi connectivity index (χ0n) is 12.1. The van der Waals surface area contributed by atoms with E-state index >= 15 is 0 Å². The van der Waals surface area contributed by atoms with Crippen molar-refractivity contribution in [2.24, 2.45) is 0 Å². The van der Waals surface area contributed by atoms with Crippen LogP contribution in [0.15, 0.2) is 17.0 Å². The number of carbonyl (C=O) groups excluding carboxylic acids is 1. The number of ether oxygens (including phenoxy) is 1. The van der Waals surface area contributed by atoms with Crippen molar-refractivity contribution in [3.63, 3.8) is 0 Å². The lowest BCUT2D eigenvalue weighted by Crippen LogP contribution is -2.31. The summed E-state index contributed by atoms with van der Waals surface area (Å²) in [5.74, 6) is -1.05. The first-order valence-corrected chi connectivity index (χ1v) is 7.82. The van der Waals surface area contributed by atoms with Crippen molar-refractivity contribution in [1.29, 1.82) is 0 Å². The molecule has 0 unspecified atom stereocenters. The molecule has 0 N–H and O–H groups in total. The second-order valence-electron chi connectivity index (χ2n) is 5.74. The number of benzene rings is 1. The predicted octanol–water partition coefficient (Wildman–Crippen LogP) is 4.14. The van der Waals surface area contributed by atoms with Crippen LogP contribution in [0.25, 0.3) is 0 Å². The fraction of sp³-hybridized carbons (Fsp3) is 0.533. The molecule has 0 amide bonds. The van der Waals surface area contributed by atoms with Crippen molar-refractivity contribution >= 4 is 17.5 Å². The number of fused-ring (bicyclic) bond motifs is 1. The quantitative estimate of drug-likeness (QED) is 0.780. The molecule has 2 rings (SSSR count). The number of thioether (sulfide) groups is 1. The molecular formula is C15H17F3O2S. The van der Waals surface area contributed by atoms with Crippen LogP contribution in [-0.2, 0) is 16.6 Å². The van der Waals surface area contributed by atoms with Crippen molar-refractivity contribution in [3.05, 3.63) is 23.3 Å². The molecule has 1 aliphatic rings. The van der Waals surface area contributed by atoms with Crippen molar-refractivity contribution in [1.82, 2.24) is 0 Å². The van der Waals surface area contributed by atoms with E-state index in [4.69, 9.17) is 4.74 Å². The average Bonchev–Trinajstić information content (AvgIpc) is 2.83. The molecule has 6 heteroatoms. The van der Waals surface area contributed by atoms with Crippen LogP contribution >= 0.6 is 11.8 Å². The lowest BCUT2D eigenvalue weighted by atomic mass is 9.79. The molecule has 0 atom stereocenters. The number of Topliss-reactive ketones (excluding diaryl/α,β-unsaturated/α-hetero) is 1. The first-order chi connectivity index (χ1) is 9.65. The smallest absolute Gasteiger partial charge is 0.450 e. The van der Waals surface area contributed by atoms with Crippen LogP contribution in [0.4, 0.5) is 13.2 Å². The Morgan fingerprint density at radius 2 is 2.00 bits per heavy atom. The van der Waals surface area contributed by atoms with Gasteiger partial charge in [-0.25, -0.2) is 0 Å². The van der Waals surface area contributed by atoms with Crippen molar-refractivity contribution in [2.45, 2.75) is 43.2 Å². The molecule has 0 aliphatic carbocycles. The molecule has 116 valence electrons. The first-order valence-electron chi connectivity index (χ1n) is 6.59. The summed E-state index contributed by atoms with van der Waals surface area (Å²) in [6.45, 7) is 3.83. The van der Waals surface area contributed by atoms with Crippen molar-refractivity contribution < 1.29 is 22.7 Å². The maximum atomic E-state index is 12.5. The molecule has 1 heterocycles. The van der Waals surface area contributed by atoms with Gasteiger partial charge in [-0.05, 0) is 24.0 Å². The lowest BCUT2D eigenvalue weighted by Gasteiger charge is -2.27. The minimum Gasteiger partial charge on any atom is -0.493 e. The Bertz CT molecular complexity index is 565. The van der Waals surface area contributed by atoms with Gasteiger partial charge in [0.15, 0.2) is 0 Å². The third-order valence-electron chi connectivity index (χ3n) is 3.64. The number of carbonyl (C=O) groups is 1. The summed E-state index contributed by atoms with van der Waals surface area (Å²) in [6.07, 6.45) is -2.71. The Labute approximate surface area is 126 Å². The summed E-state index contributed by atoms with van der Waals surface area (Å²) >= 11 is 1.53. The Balaban J connectivity index is 2.40. The van der Waals surface area contributed by atoms with Gasteiger partial charge in [0, 0.05) is 28.7 Å². The summed E-state index contributed by atoms with van der Waals surface area (Å²) in [6, 6.07) is 3.83. The van der Waals surface area contributed by atoms with Crippen LogP contribution in [-0.4, -0.2) is 24.8 Å². The number of halogens is 3. The fourth-order valence-electron chi connectivity index (χ4n) is 2.50. The van der Waals surface area contributed by atoms with E-state index in [-0.39, 0.29) is 0 Å². The van der Waals surface area contributed by atoms with Gasteiger partial charge in [0.1, 0.15) is 5.75 Å².